The lowest BCUT2D eigenvalue weighted by Gasteiger charge is -2.15. The average molecular weight is 584 g/mol. The average Bonchev–Trinajstić information content (AvgIpc) is 2.97. The number of aliphatic hydroxyl groups excluding tert-OH is 2. The molecule has 5 N–H and O–H groups in total. The van der Waals surface area contributed by atoms with Gasteiger partial charge in [0.2, 0.25) is 0 Å². The van der Waals surface area contributed by atoms with Crippen LogP contribution in [0.1, 0.15) is 194 Å². The summed E-state index contributed by atoms with van der Waals surface area (Å²) in [5.74, 6) is -0.664. The van der Waals surface area contributed by atoms with Gasteiger partial charge in [0.05, 0.1) is 18.8 Å². The molecule has 0 fully saturated rings. The lowest BCUT2D eigenvalue weighted by molar-refractivity contribution is -0.137. The molecule has 0 aliphatic heterocycles. The maximum Gasteiger partial charge on any atom is 0.303 e. The molecule has 0 heterocycles. The Morgan fingerprint density at radius 2 is 0.927 bits per heavy atom. The Morgan fingerprint density at radius 1 is 0.585 bits per heavy atom. The Balaban J connectivity index is 0. The van der Waals surface area contributed by atoms with Crippen molar-refractivity contribution in [1.82, 2.24) is 0 Å². The highest BCUT2D eigenvalue weighted by Crippen LogP contribution is 2.14. The number of hydrogen-bond donors (Lipinski definition) is 4. The molecular formula is C36H73NO4. The van der Waals surface area contributed by atoms with E-state index < -0.39 is 18.1 Å². The molecule has 246 valence electrons. The molecule has 0 unspecified atom stereocenters. The summed E-state index contributed by atoms with van der Waals surface area (Å²) in [6.45, 7) is 4.40. The number of hydrogen-bond acceptors (Lipinski definition) is 4. The second-order valence-corrected chi connectivity index (χ2v) is 12.2. The van der Waals surface area contributed by atoms with Gasteiger partial charge in [-0.2, -0.15) is 0 Å². The van der Waals surface area contributed by atoms with E-state index in [-0.39, 0.29) is 6.61 Å². The van der Waals surface area contributed by atoms with Crippen LogP contribution in [0.5, 0.6) is 0 Å². The van der Waals surface area contributed by atoms with Gasteiger partial charge in [-0.3, -0.25) is 4.79 Å². The monoisotopic (exact) mass is 584 g/mol. The lowest BCUT2D eigenvalue weighted by Crippen LogP contribution is -2.37. The Kier molecular flexibility index (Phi) is 38.2. The first kappa shape index (κ1) is 42.2. The van der Waals surface area contributed by atoms with Crippen molar-refractivity contribution in [3.63, 3.8) is 0 Å². The number of carbonyl (C=O) groups is 1. The van der Waals surface area contributed by atoms with E-state index >= 15 is 0 Å². The van der Waals surface area contributed by atoms with Crippen molar-refractivity contribution < 1.29 is 20.1 Å². The molecule has 0 spiro atoms. The van der Waals surface area contributed by atoms with Crippen LogP contribution in [0.3, 0.4) is 0 Å². The zero-order valence-electron chi connectivity index (χ0n) is 27.6. The molecular weight excluding hydrogens is 510 g/mol. The molecule has 2 atom stereocenters. The van der Waals surface area contributed by atoms with Crippen molar-refractivity contribution >= 4 is 5.97 Å². The highest BCUT2D eigenvalue weighted by atomic mass is 16.4. The number of carboxylic acids is 1. The third-order valence-electron chi connectivity index (χ3n) is 7.96. The van der Waals surface area contributed by atoms with E-state index in [1.165, 1.54) is 148 Å². The molecule has 5 heteroatoms. The minimum absolute atomic E-state index is 0.125. The van der Waals surface area contributed by atoms with Crippen molar-refractivity contribution in [3.8, 4) is 0 Å². The fourth-order valence-corrected chi connectivity index (χ4v) is 5.05. The minimum Gasteiger partial charge on any atom is -0.481 e. The Bertz CT molecular complexity index is 526. The van der Waals surface area contributed by atoms with Crippen molar-refractivity contribution in [3.05, 3.63) is 12.2 Å². The first-order chi connectivity index (χ1) is 20.0. The van der Waals surface area contributed by atoms with Gasteiger partial charge in [-0.15, -0.1) is 0 Å². The fourth-order valence-electron chi connectivity index (χ4n) is 5.05. The van der Waals surface area contributed by atoms with Crippen LogP contribution in [0.15, 0.2) is 12.2 Å². The van der Waals surface area contributed by atoms with E-state index in [0.29, 0.717) is 6.42 Å². The van der Waals surface area contributed by atoms with Crippen molar-refractivity contribution in [1.29, 1.82) is 0 Å². The van der Waals surface area contributed by atoms with E-state index in [1.807, 2.05) is 0 Å². The van der Waals surface area contributed by atoms with E-state index in [4.69, 9.17) is 15.9 Å². The minimum atomic E-state index is -0.664. The highest BCUT2D eigenvalue weighted by Gasteiger charge is 2.12. The number of unbranched alkanes of at least 4 members (excludes halogenated alkanes) is 23. The van der Waals surface area contributed by atoms with Gasteiger partial charge < -0.3 is 21.1 Å². The Labute approximate surface area is 256 Å². The number of rotatable bonds is 31. The summed E-state index contributed by atoms with van der Waals surface area (Å²) in [5, 5.41) is 26.9. The summed E-state index contributed by atoms with van der Waals surface area (Å²) in [6.07, 6.45) is 38.7. The van der Waals surface area contributed by atoms with Crippen LogP contribution in [0.4, 0.5) is 0 Å². The number of aliphatic hydroxyl groups is 2. The first-order valence-corrected chi connectivity index (χ1v) is 17.9. The van der Waals surface area contributed by atoms with Gasteiger partial charge in [-0.05, 0) is 38.5 Å². The second kappa shape index (κ2) is 37.1. The summed E-state index contributed by atoms with van der Waals surface area (Å²) in [7, 11) is 0. The lowest BCUT2D eigenvalue weighted by atomic mass is 10.0. The first-order valence-electron chi connectivity index (χ1n) is 17.9. The summed E-state index contributed by atoms with van der Waals surface area (Å²) in [4.78, 5) is 10.3. The summed E-state index contributed by atoms with van der Waals surface area (Å²) >= 11 is 0. The SMILES string of the molecule is CCCCCCCC/C=C\CCCCCCCC(=O)O.CCCCCCCCCCCCCCC[C@@H](O)[C@@H](N)CO. The number of allylic oxidation sites excluding steroid dienone is 2. The summed E-state index contributed by atoms with van der Waals surface area (Å²) in [6, 6.07) is -0.470. The van der Waals surface area contributed by atoms with Gasteiger partial charge in [0.25, 0.3) is 0 Å². The number of aliphatic carboxylic acids is 1. The van der Waals surface area contributed by atoms with Crippen LogP contribution < -0.4 is 5.73 Å². The maximum absolute atomic E-state index is 10.3. The van der Waals surface area contributed by atoms with Gasteiger partial charge in [-0.1, -0.05) is 161 Å². The van der Waals surface area contributed by atoms with Crippen LogP contribution >= 0.6 is 0 Å². The van der Waals surface area contributed by atoms with Crippen molar-refractivity contribution in [2.45, 2.75) is 206 Å². The fraction of sp³-hybridized carbons (Fsp3) is 0.917. The highest BCUT2D eigenvalue weighted by molar-refractivity contribution is 5.66. The molecule has 0 aromatic carbocycles. The number of carboxylic acid groups (broad SMARTS) is 1. The Morgan fingerprint density at radius 3 is 1.29 bits per heavy atom. The van der Waals surface area contributed by atoms with E-state index in [1.54, 1.807) is 0 Å². The third kappa shape index (κ3) is 39.1. The van der Waals surface area contributed by atoms with Crippen molar-refractivity contribution in [2.75, 3.05) is 6.61 Å². The Hall–Kier alpha value is -0.910. The van der Waals surface area contributed by atoms with Crippen molar-refractivity contribution in [2.24, 2.45) is 5.73 Å². The summed E-state index contributed by atoms with van der Waals surface area (Å²) in [5.41, 5.74) is 5.56. The molecule has 0 radical (unpaired) electrons. The third-order valence-corrected chi connectivity index (χ3v) is 7.96. The normalized spacial score (nSPS) is 12.8. The molecule has 0 aromatic heterocycles. The molecule has 0 aromatic rings. The van der Waals surface area contributed by atoms with Gasteiger partial charge in [0.1, 0.15) is 0 Å². The van der Waals surface area contributed by atoms with Gasteiger partial charge in [0, 0.05) is 6.42 Å². The molecule has 0 aliphatic carbocycles. The van der Waals surface area contributed by atoms with Crippen LogP contribution in [0.2, 0.25) is 0 Å². The van der Waals surface area contributed by atoms with E-state index in [2.05, 4.69) is 26.0 Å². The largest absolute Gasteiger partial charge is 0.481 e. The molecule has 41 heavy (non-hydrogen) atoms. The molecule has 0 saturated heterocycles. The van der Waals surface area contributed by atoms with Gasteiger partial charge >= 0.3 is 5.97 Å². The van der Waals surface area contributed by atoms with Crippen LogP contribution in [0.25, 0.3) is 0 Å². The maximum atomic E-state index is 10.3. The smallest absolute Gasteiger partial charge is 0.303 e. The zero-order chi connectivity index (χ0) is 30.7. The molecule has 0 bridgehead atoms. The van der Waals surface area contributed by atoms with Gasteiger partial charge in [-0.25, -0.2) is 0 Å². The molecule has 0 saturated carbocycles. The summed E-state index contributed by atoms with van der Waals surface area (Å²) < 4.78 is 0. The second-order valence-electron chi connectivity index (χ2n) is 12.2. The van der Waals surface area contributed by atoms with Crippen LogP contribution in [0, 0.1) is 0 Å². The van der Waals surface area contributed by atoms with E-state index in [0.717, 1.165) is 25.7 Å². The van der Waals surface area contributed by atoms with Crippen LogP contribution in [-0.2, 0) is 4.79 Å². The topological polar surface area (TPSA) is 104 Å². The van der Waals surface area contributed by atoms with Crippen LogP contribution in [-0.4, -0.2) is 40.0 Å². The number of nitrogens with two attached hydrogens (primary N) is 1. The molecule has 0 aliphatic rings. The molecule has 5 nitrogen and oxygen atoms in total. The molecule has 0 rings (SSSR count). The zero-order valence-corrected chi connectivity index (χ0v) is 27.6. The molecule has 0 amide bonds. The standard InChI is InChI=1S/C18H39NO2.C18H34O2/c1-2-3-4-5-6-7-8-9-10-11-12-13-14-15-18(21)17(19)16-20;1-2-3-4-5-6-7-8-9-10-11-12-13-14-15-16-17-18(19)20/h17-18,20-21H,2-16,19H2,1H3;9-10H,2-8,11-17H2,1H3,(H,19,20)/b;10-9-/t17-,18+;/m0./s1. The van der Waals surface area contributed by atoms with Gasteiger partial charge in [0.15, 0.2) is 0 Å². The predicted octanol–water partition coefficient (Wildman–Crippen LogP) is 10.3. The quantitative estimate of drug-likeness (QED) is 0.0480. The predicted molar refractivity (Wildman–Crippen MR) is 178 cm³/mol. The van der Waals surface area contributed by atoms with E-state index in [9.17, 15) is 9.90 Å².